The molecule has 2 aromatic rings. The smallest absolute Gasteiger partial charge is 0.281 e. The van der Waals surface area contributed by atoms with Crippen molar-refractivity contribution in [2.24, 2.45) is 5.10 Å². The normalized spacial score (nSPS) is 13.8. The molecule has 3 rings (SSSR count). The van der Waals surface area contributed by atoms with Gasteiger partial charge in [0, 0.05) is 10.4 Å². The molecule has 120 valence electrons. The van der Waals surface area contributed by atoms with E-state index in [-0.39, 0.29) is 11.7 Å². The fraction of sp³-hybridized carbons (Fsp3) is 0.294. The zero-order valence-electron chi connectivity index (χ0n) is 13.0. The quantitative estimate of drug-likeness (QED) is 0.688. The zero-order chi connectivity index (χ0) is 16.4. The Bertz CT molecular complexity index is 761. The molecule has 23 heavy (non-hydrogen) atoms. The van der Waals surface area contributed by atoms with Gasteiger partial charge >= 0.3 is 0 Å². The first kappa shape index (κ1) is 15.7. The molecule has 0 radical (unpaired) electrons. The Morgan fingerprint density at radius 3 is 2.87 bits per heavy atom. The molecule has 4 nitrogen and oxygen atoms in total. The largest absolute Gasteiger partial charge is 0.494 e. The van der Waals surface area contributed by atoms with Crippen LogP contribution in [0.3, 0.4) is 0 Å². The van der Waals surface area contributed by atoms with Gasteiger partial charge in [-0.2, -0.15) is 5.10 Å². The van der Waals surface area contributed by atoms with Crippen LogP contribution in [0.15, 0.2) is 29.4 Å². The summed E-state index contributed by atoms with van der Waals surface area (Å²) in [7, 11) is 1.41. The summed E-state index contributed by atoms with van der Waals surface area (Å²) in [5.74, 6) is -0.503. The first-order valence-electron chi connectivity index (χ1n) is 7.38. The van der Waals surface area contributed by atoms with Crippen molar-refractivity contribution in [3.8, 4) is 5.75 Å². The van der Waals surface area contributed by atoms with Gasteiger partial charge in [0.25, 0.3) is 5.91 Å². The maximum atomic E-state index is 13.7. The lowest BCUT2D eigenvalue weighted by Crippen LogP contribution is -2.18. The van der Waals surface area contributed by atoms with Crippen LogP contribution in [0.25, 0.3) is 0 Å². The van der Waals surface area contributed by atoms with Crippen LogP contribution in [0.5, 0.6) is 5.75 Å². The summed E-state index contributed by atoms with van der Waals surface area (Å²) in [6.07, 6.45) is 3.27. The van der Waals surface area contributed by atoms with E-state index < -0.39 is 5.82 Å². The number of carbonyl (C=O) groups excluding carboxylic acids is 1. The molecule has 0 bridgehead atoms. The topological polar surface area (TPSA) is 50.7 Å². The standard InChI is InChI=1S/C17H17FN2O2S/c1-10(11-6-7-14(22-2)13(18)8-11)19-20-17(21)16-9-12-4-3-5-15(12)23-16/h6-9H,3-5H2,1-2H3,(H,20,21)/b19-10-. The number of hydrogen-bond acceptors (Lipinski definition) is 4. The number of thiophene rings is 1. The van der Waals surface area contributed by atoms with E-state index in [0.29, 0.717) is 16.2 Å². The number of aryl methyl sites for hydroxylation is 2. The number of nitrogens with zero attached hydrogens (tertiary/aromatic N) is 1. The molecule has 0 aliphatic heterocycles. The number of hydrazone groups is 1. The number of benzene rings is 1. The van der Waals surface area contributed by atoms with E-state index in [0.717, 1.165) is 12.8 Å². The summed E-state index contributed by atoms with van der Waals surface area (Å²) < 4.78 is 18.6. The number of halogens is 1. The first-order chi connectivity index (χ1) is 11.1. The highest BCUT2D eigenvalue weighted by atomic mass is 32.1. The minimum atomic E-state index is -0.458. The molecule has 1 aliphatic rings. The van der Waals surface area contributed by atoms with Crippen LogP contribution in [0.1, 0.15) is 39.0 Å². The van der Waals surface area contributed by atoms with Crippen LogP contribution in [0.4, 0.5) is 4.39 Å². The summed E-state index contributed by atoms with van der Waals surface area (Å²) in [4.78, 5) is 14.1. The Morgan fingerprint density at radius 1 is 1.35 bits per heavy atom. The van der Waals surface area contributed by atoms with Gasteiger partial charge in [-0.1, -0.05) is 0 Å². The van der Waals surface area contributed by atoms with Crippen LogP contribution in [0.2, 0.25) is 0 Å². The van der Waals surface area contributed by atoms with Gasteiger partial charge in [-0.25, -0.2) is 9.82 Å². The summed E-state index contributed by atoms with van der Waals surface area (Å²) >= 11 is 1.53. The number of hydrogen-bond donors (Lipinski definition) is 1. The van der Waals surface area contributed by atoms with Crippen LogP contribution in [0, 0.1) is 5.82 Å². The molecule has 6 heteroatoms. The van der Waals surface area contributed by atoms with Crippen LogP contribution in [-0.2, 0) is 12.8 Å². The van der Waals surface area contributed by atoms with Crippen LogP contribution >= 0.6 is 11.3 Å². The van der Waals surface area contributed by atoms with Crippen molar-refractivity contribution < 1.29 is 13.9 Å². The van der Waals surface area contributed by atoms with Gasteiger partial charge in [0.1, 0.15) is 0 Å². The third-order valence-corrected chi connectivity index (χ3v) is 5.10. The minimum Gasteiger partial charge on any atom is -0.494 e. The van der Waals surface area contributed by atoms with Crippen molar-refractivity contribution in [1.29, 1.82) is 0 Å². The molecule has 0 saturated heterocycles. The van der Waals surface area contributed by atoms with Crippen molar-refractivity contribution >= 4 is 23.0 Å². The van der Waals surface area contributed by atoms with Gasteiger partial charge in [0.15, 0.2) is 11.6 Å². The molecule has 1 amide bonds. The molecular formula is C17H17FN2O2S. The maximum Gasteiger partial charge on any atom is 0.281 e. The second-order valence-corrected chi connectivity index (χ2v) is 6.54. The van der Waals surface area contributed by atoms with Crippen molar-refractivity contribution in [3.63, 3.8) is 0 Å². The average molecular weight is 332 g/mol. The lowest BCUT2D eigenvalue weighted by molar-refractivity contribution is 0.0959. The summed E-state index contributed by atoms with van der Waals surface area (Å²) in [5, 5.41) is 4.07. The molecule has 0 fully saturated rings. The lowest BCUT2D eigenvalue weighted by atomic mass is 10.1. The first-order valence-corrected chi connectivity index (χ1v) is 8.20. The number of carbonyl (C=O) groups is 1. The molecule has 0 unspecified atom stereocenters. The number of rotatable bonds is 4. The second-order valence-electron chi connectivity index (χ2n) is 5.40. The third kappa shape index (κ3) is 3.27. The molecule has 1 aromatic heterocycles. The predicted molar refractivity (Wildman–Crippen MR) is 89.0 cm³/mol. The summed E-state index contributed by atoms with van der Waals surface area (Å²) in [6.45, 7) is 1.72. The second kappa shape index (κ2) is 6.50. The number of nitrogens with one attached hydrogen (secondary N) is 1. The van der Waals surface area contributed by atoms with E-state index in [4.69, 9.17) is 4.74 Å². The van der Waals surface area contributed by atoms with Gasteiger partial charge in [-0.15, -0.1) is 11.3 Å². The van der Waals surface area contributed by atoms with Crippen molar-refractivity contribution in [1.82, 2.24) is 5.43 Å². The highest BCUT2D eigenvalue weighted by molar-refractivity contribution is 7.14. The Balaban J connectivity index is 1.71. The number of fused-ring (bicyclic) bond motifs is 1. The van der Waals surface area contributed by atoms with Crippen molar-refractivity contribution in [2.75, 3.05) is 7.11 Å². The van der Waals surface area contributed by atoms with Gasteiger partial charge < -0.3 is 4.74 Å². The average Bonchev–Trinajstić information content (AvgIpc) is 3.13. The highest BCUT2D eigenvalue weighted by Gasteiger charge is 2.18. The minimum absolute atomic E-state index is 0.179. The van der Waals surface area contributed by atoms with Gasteiger partial charge in [0.2, 0.25) is 0 Å². The van der Waals surface area contributed by atoms with Gasteiger partial charge in [-0.05, 0) is 56.0 Å². The number of ether oxygens (including phenoxy) is 1. The Labute approximate surface area is 138 Å². The number of methoxy groups -OCH3 is 1. The third-order valence-electron chi connectivity index (χ3n) is 3.87. The van der Waals surface area contributed by atoms with Crippen LogP contribution < -0.4 is 10.2 Å². The molecule has 1 heterocycles. The van der Waals surface area contributed by atoms with Crippen molar-refractivity contribution in [3.05, 3.63) is 51.0 Å². The molecular weight excluding hydrogens is 315 g/mol. The molecule has 1 N–H and O–H groups in total. The van der Waals surface area contributed by atoms with E-state index in [2.05, 4.69) is 10.5 Å². The molecule has 1 aromatic carbocycles. The van der Waals surface area contributed by atoms with Crippen LogP contribution in [-0.4, -0.2) is 18.7 Å². The summed E-state index contributed by atoms with van der Waals surface area (Å²) in [5.41, 5.74) is 4.94. The maximum absolute atomic E-state index is 13.7. The van der Waals surface area contributed by atoms with E-state index in [9.17, 15) is 9.18 Å². The van der Waals surface area contributed by atoms with Gasteiger partial charge in [-0.3, -0.25) is 4.79 Å². The fourth-order valence-corrected chi connectivity index (χ4v) is 3.73. The van der Waals surface area contributed by atoms with E-state index in [1.807, 2.05) is 6.07 Å². The van der Waals surface area contributed by atoms with E-state index in [1.54, 1.807) is 13.0 Å². The zero-order valence-corrected chi connectivity index (χ0v) is 13.8. The fourth-order valence-electron chi connectivity index (χ4n) is 2.59. The van der Waals surface area contributed by atoms with E-state index in [1.165, 1.54) is 47.4 Å². The van der Waals surface area contributed by atoms with E-state index >= 15 is 0 Å². The van der Waals surface area contributed by atoms with Gasteiger partial charge in [0.05, 0.1) is 17.7 Å². The number of amides is 1. The molecule has 0 spiro atoms. The predicted octanol–water partition coefficient (Wildman–Crippen LogP) is 3.54. The SMILES string of the molecule is COc1ccc(/C(C)=N\NC(=O)c2cc3c(s2)CCC3)cc1F. The monoisotopic (exact) mass is 332 g/mol. The van der Waals surface area contributed by atoms with Crippen molar-refractivity contribution in [2.45, 2.75) is 26.2 Å². The Morgan fingerprint density at radius 2 is 2.17 bits per heavy atom. The molecule has 0 saturated carbocycles. The Kier molecular flexibility index (Phi) is 4.43. The molecule has 0 atom stereocenters. The molecule has 1 aliphatic carbocycles. The Hall–Kier alpha value is -2.21. The summed E-state index contributed by atoms with van der Waals surface area (Å²) in [6, 6.07) is 6.52. The lowest BCUT2D eigenvalue weighted by Gasteiger charge is -2.05. The highest BCUT2D eigenvalue weighted by Crippen LogP contribution is 2.30.